The molecule has 0 fully saturated rings. The molecule has 0 saturated carbocycles. The van der Waals surface area contributed by atoms with E-state index in [2.05, 4.69) is 0 Å². The van der Waals surface area contributed by atoms with Gasteiger partial charge in [-0.1, -0.05) is 0 Å². The SMILES string of the molecule is C[C@@H](O)C[C@H](O)[C@H](O)CO. The van der Waals surface area contributed by atoms with E-state index in [1.807, 2.05) is 0 Å². The van der Waals surface area contributed by atoms with E-state index in [1.165, 1.54) is 6.92 Å². The fraction of sp³-hybridized carbons (Fsp3) is 1.00. The summed E-state index contributed by atoms with van der Waals surface area (Å²) < 4.78 is 0. The van der Waals surface area contributed by atoms with E-state index in [9.17, 15) is 0 Å². The van der Waals surface area contributed by atoms with Gasteiger partial charge in [0.05, 0.1) is 18.8 Å². The van der Waals surface area contributed by atoms with Gasteiger partial charge in [-0.3, -0.25) is 0 Å². The van der Waals surface area contributed by atoms with E-state index in [4.69, 9.17) is 20.4 Å². The first-order chi connectivity index (χ1) is 4.57. The zero-order valence-electron chi connectivity index (χ0n) is 5.94. The monoisotopic (exact) mass is 150 g/mol. The van der Waals surface area contributed by atoms with E-state index >= 15 is 0 Å². The van der Waals surface area contributed by atoms with E-state index in [1.54, 1.807) is 0 Å². The van der Waals surface area contributed by atoms with Crippen molar-refractivity contribution < 1.29 is 20.4 Å². The number of aliphatic hydroxyl groups excluding tert-OH is 4. The molecule has 0 heterocycles. The maximum Gasteiger partial charge on any atom is 0.103 e. The van der Waals surface area contributed by atoms with Gasteiger partial charge in [-0.2, -0.15) is 0 Å². The van der Waals surface area contributed by atoms with Gasteiger partial charge in [-0.25, -0.2) is 0 Å². The van der Waals surface area contributed by atoms with Crippen LogP contribution in [0.2, 0.25) is 0 Å². The Bertz CT molecular complexity index is 83.8. The molecule has 10 heavy (non-hydrogen) atoms. The molecule has 0 aliphatic carbocycles. The molecule has 0 amide bonds. The molecular weight excluding hydrogens is 136 g/mol. The minimum Gasteiger partial charge on any atom is -0.394 e. The third kappa shape index (κ3) is 3.79. The lowest BCUT2D eigenvalue weighted by molar-refractivity contribution is -0.0338. The maximum absolute atomic E-state index is 8.92. The molecule has 0 aromatic rings. The highest BCUT2D eigenvalue weighted by Crippen LogP contribution is 2.01. The van der Waals surface area contributed by atoms with Gasteiger partial charge in [-0.05, 0) is 6.92 Å². The number of aliphatic hydroxyl groups is 4. The average molecular weight is 150 g/mol. The lowest BCUT2D eigenvalue weighted by Gasteiger charge is -2.16. The standard InChI is InChI=1S/C6H14O4/c1-4(8)2-5(9)6(10)3-7/h4-10H,2-3H2,1H3/t4-,5+,6-/m1/s1. The Hall–Kier alpha value is -0.160. The molecule has 0 radical (unpaired) electrons. The quantitative estimate of drug-likeness (QED) is 0.392. The van der Waals surface area contributed by atoms with Crippen LogP contribution in [-0.4, -0.2) is 45.3 Å². The average Bonchev–Trinajstić information content (AvgIpc) is 1.85. The lowest BCUT2D eigenvalue weighted by Crippen LogP contribution is -2.31. The first-order valence-corrected chi connectivity index (χ1v) is 3.23. The summed E-state index contributed by atoms with van der Waals surface area (Å²) in [5.41, 5.74) is 0. The van der Waals surface area contributed by atoms with Gasteiger partial charge in [0.1, 0.15) is 6.10 Å². The van der Waals surface area contributed by atoms with E-state index in [0.717, 1.165) is 0 Å². The van der Waals surface area contributed by atoms with Crippen LogP contribution >= 0.6 is 0 Å². The predicted molar refractivity (Wildman–Crippen MR) is 35.4 cm³/mol. The molecule has 0 aromatic carbocycles. The molecule has 0 bridgehead atoms. The van der Waals surface area contributed by atoms with Gasteiger partial charge in [0.15, 0.2) is 0 Å². The zero-order chi connectivity index (χ0) is 8.15. The highest BCUT2D eigenvalue weighted by molar-refractivity contribution is 4.67. The van der Waals surface area contributed by atoms with Gasteiger partial charge < -0.3 is 20.4 Å². The Morgan fingerprint density at radius 2 is 1.60 bits per heavy atom. The van der Waals surface area contributed by atoms with Gasteiger partial charge in [0.25, 0.3) is 0 Å². The Labute approximate surface area is 59.7 Å². The van der Waals surface area contributed by atoms with Crippen molar-refractivity contribution in [2.45, 2.75) is 31.7 Å². The van der Waals surface area contributed by atoms with E-state index in [-0.39, 0.29) is 6.42 Å². The Morgan fingerprint density at radius 1 is 1.10 bits per heavy atom. The van der Waals surface area contributed by atoms with Crippen LogP contribution < -0.4 is 0 Å². The Morgan fingerprint density at radius 3 is 1.90 bits per heavy atom. The first-order valence-electron chi connectivity index (χ1n) is 3.23. The summed E-state index contributed by atoms with van der Waals surface area (Å²) in [6, 6.07) is 0. The highest BCUT2D eigenvalue weighted by atomic mass is 16.4. The van der Waals surface area contributed by atoms with Gasteiger partial charge in [0.2, 0.25) is 0 Å². The normalized spacial score (nSPS) is 20.1. The summed E-state index contributed by atoms with van der Waals surface area (Å²) >= 11 is 0. The summed E-state index contributed by atoms with van der Waals surface area (Å²) in [5.74, 6) is 0. The van der Waals surface area contributed by atoms with Crippen LogP contribution in [0.4, 0.5) is 0 Å². The minimum absolute atomic E-state index is 0.0850. The van der Waals surface area contributed by atoms with Crippen LogP contribution in [0.25, 0.3) is 0 Å². The fourth-order valence-electron chi connectivity index (χ4n) is 0.628. The van der Waals surface area contributed by atoms with Crippen molar-refractivity contribution in [1.29, 1.82) is 0 Å². The number of hydrogen-bond donors (Lipinski definition) is 4. The van der Waals surface area contributed by atoms with Crippen molar-refractivity contribution in [2.24, 2.45) is 0 Å². The van der Waals surface area contributed by atoms with Gasteiger partial charge >= 0.3 is 0 Å². The second kappa shape index (κ2) is 4.62. The molecule has 4 nitrogen and oxygen atoms in total. The third-order valence-corrected chi connectivity index (χ3v) is 1.21. The molecule has 0 rings (SSSR count). The molecule has 0 aliphatic rings. The summed E-state index contributed by atoms with van der Waals surface area (Å²) in [6.07, 6.45) is -2.75. The first kappa shape index (κ1) is 9.84. The molecule has 0 aliphatic heterocycles. The molecule has 4 heteroatoms. The highest BCUT2D eigenvalue weighted by Gasteiger charge is 2.16. The summed E-state index contributed by atoms with van der Waals surface area (Å²) in [7, 11) is 0. The second-order valence-corrected chi connectivity index (χ2v) is 2.40. The van der Waals surface area contributed by atoms with Crippen molar-refractivity contribution in [3.8, 4) is 0 Å². The molecule has 62 valence electrons. The van der Waals surface area contributed by atoms with Crippen LogP contribution in [0.5, 0.6) is 0 Å². The smallest absolute Gasteiger partial charge is 0.103 e. The summed E-state index contributed by atoms with van der Waals surface area (Å²) in [5, 5.41) is 34.7. The van der Waals surface area contributed by atoms with Crippen LogP contribution in [0.1, 0.15) is 13.3 Å². The van der Waals surface area contributed by atoms with Crippen molar-refractivity contribution in [3.05, 3.63) is 0 Å². The van der Waals surface area contributed by atoms with Crippen molar-refractivity contribution in [3.63, 3.8) is 0 Å². The van der Waals surface area contributed by atoms with Crippen molar-refractivity contribution >= 4 is 0 Å². The Balaban J connectivity index is 3.50. The fourth-order valence-corrected chi connectivity index (χ4v) is 0.628. The molecular formula is C6H14O4. The van der Waals surface area contributed by atoms with Crippen molar-refractivity contribution in [2.75, 3.05) is 6.61 Å². The van der Waals surface area contributed by atoms with E-state index in [0.29, 0.717) is 0 Å². The topological polar surface area (TPSA) is 80.9 Å². The van der Waals surface area contributed by atoms with Crippen LogP contribution in [0.3, 0.4) is 0 Å². The largest absolute Gasteiger partial charge is 0.394 e. The molecule has 0 saturated heterocycles. The molecule has 0 aromatic heterocycles. The van der Waals surface area contributed by atoms with Gasteiger partial charge in [0, 0.05) is 6.42 Å². The number of hydrogen-bond acceptors (Lipinski definition) is 4. The van der Waals surface area contributed by atoms with Crippen LogP contribution in [0, 0.1) is 0 Å². The predicted octanol–water partition coefficient (Wildman–Crippen LogP) is -1.53. The van der Waals surface area contributed by atoms with E-state index < -0.39 is 24.9 Å². The van der Waals surface area contributed by atoms with Crippen LogP contribution in [-0.2, 0) is 0 Å². The number of rotatable bonds is 4. The summed E-state index contributed by atoms with van der Waals surface area (Å²) in [6.45, 7) is 1.03. The second-order valence-electron chi connectivity index (χ2n) is 2.40. The van der Waals surface area contributed by atoms with Crippen LogP contribution in [0.15, 0.2) is 0 Å². The molecule has 3 atom stereocenters. The lowest BCUT2D eigenvalue weighted by atomic mass is 10.1. The Kier molecular flexibility index (Phi) is 4.55. The molecule has 4 N–H and O–H groups in total. The summed E-state index contributed by atoms with van der Waals surface area (Å²) in [4.78, 5) is 0. The minimum atomic E-state index is -1.14. The maximum atomic E-state index is 8.92. The van der Waals surface area contributed by atoms with Crippen molar-refractivity contribution in [1.82, 2.24) is 0 Å². The molecule has 0 spiro atoms. The van der Waals surface area contributed by atoms with Gasteiger partial charge in [-0.15, -0.1) is 0 Å². The zero-order valence-corrected chi connectivity index (χ0v) is 5.94. The third-order valence-electron chi connectivity index (χ3n) is 1.21. The molecule has 0 unspecified atom stereocenters.